The topological polar surface area (TPSA) is 13.0 Å². The molecule has 256 valence electrons. The summed E-state index contributed by atoms with van der Waals surface area (Å²) in [5.74, 6) is 0. The van der Waals surface area contributed by atoms with Gasteiger partial charge in [0.25, 0.3) is 0 Å². The van der Waals surface area contributed by atoms with Crippen molar-refractivity contribution in [1.82, 2.24) is 19.6 Å². The van der Waals surface area contributed by atoms with Crippen molar-refractivity contribution in [2.24, 2.45) is 0 Å². The minimum Gasteiger partial charge on any atom is -0.297 e. The Balaban J connectivity index is 1.45. The molecule has 0 amide bonds. The quantitative estimate of drug-likeness (QED) is 0.191. The highest BCUT2D eigenvalue weighted by Crippen LogP contribution is 2.21. The van der Waals surface area contributed by atoms with E-state index in [0.717, 1.165) is 78.5 Å². The summed E-state index contributed by atoms with van der Waals surface area (Å²) >= 11 is 0. The molecule has 0 atom stereocenters. The van der Waals surface area contributed by atoms with Crippen molar-refractivity contribution < 1.29 is 0 Å². The van der Waals surface area contributed by atoms with Gasteiger partial charge in [-0.3, -0.25) is 19.6 Å². The highest BCUT2D eigenvalue weighted by molar-refractivity contribution is 5.36. The zero-order chi connectivity index (χ0) is 34.2. The summed E-state index contributed by atoms with van der Waals surface area (Å²) in [6, 6.07) is 27.1. The van der Waals surface area contributed by atoms with Gasteiger partial charge >= 0.3 is 0 Å². The summed E-state index contributed by atoms with van der Waals surface area (Å²) in [7, 11) is 0. The number of hydrogen-bond donors (Lipinski definition) is 0. The molecule has 0 radical (unpaired) electrons. The van der Waals surface area contributed by atoms with Crippen LogP contribution in [0.1, 0.15) is 66.8 Å². The lowest BCUT2D eigenvalue weighted by Gasteiger charge is -2.35. The molecule has 0 aliphatic carbocycles. The molecule has 0 bridgehead atoms. The maximum atomic E-state index is 2.74. The molecule has 1 aliphatic rings. The second kappa shape index (κ2) is 16.9. The highest BCUT2D eigenvalue weighted by Gasteiger charge is 2.21. The van der Waals surface area contributed by atoms with Gasteiger partial charge in [0.1, 0.15) is 0 Å². The van der Waals surface area contributed by atoms with E-state index >= 15 is 0 Å². The molecular weight excluding hydrogens is 585 g/mol. The molecule has 0 spiro atoms. The van der Waals surface area contributed by atoms with Crippen LogP contribution in [-0.2, 0) is 26.2 Å². The summed E-state index contributed by atoms with van der Waals surface area (Å²) in [5.41, 5.74) is 17.2. The fourth-order valence-electron chi connectivity index (χ4n) is 7.50. The molecule has 1 fully saturated rings. The van der Waals surface area contributed by atoms with Gasteiger partial charge in [0, 0.05) is 78.5 Å². The molecule has 1 aliphatic heterocycles. The van der Waals surface area contributed by atoms with Crippen molar-refractivity contribution in [2.45, 2.75) is 81.6 Å². The summed E-state index contributed by atoms with van der Waals surface area (Å²) < 4.78 is 0. The third kappa shape index (κ3) is 9.45. The minimum atomic E-state index is 1.01. The average Bonchev–Trinajstić information content (AvgIpc) is 3.04. The molecule has 4 heteroatoms. The van der Waals surface area contributed by atoms with E-state index in [9.17, 15) is 0 Å². The molecule has 48 heavy (non-hydrogen) atoms. The van der Waals surface area contributed by atoms with Crippen molar-refractivity contribution in [3.8, 4) is 0 Å². The third-order valence-electron chi connectivity index (χ3n) is 11.0. The van der Waals surface area contributed by atoms with Gasteiger partial charge in [0.2, 0.25) is 0 Å². The molecule has 0 N–H and O–H groups in total. The standard InChI is InChI=1S/C44H60N4/c1-33-13-9-14-34(2)41(33)29-45-21-23-46(30-42-35(3)15-10-16-36(42)4)25-27-48(32-44-39(7)19-12-20-40(44)8)28-26-47(24-22-45)31-43-37(5)17-11-18-38(43)6/h9-20H,21-32H2,1-8H3. The normalized spacial score (nSPS) is 16.5. The first kappa shape index (κ1) is 36.0. The van der Waals surface area contributed by atoms with E-state index in [-0.39, 0.29) is 0 Å². The van der Waals surface area contributed by atoms with Crippen LogP contribution < -0.4 is 0 Å². The highest BCUT2D eigenvalue weighted by atomic mass is 15.3. The fourth-order valence-corrected chi connectivity index (χ4v) is 7.50. The lowest BCUT2D eigenvalue weighted by atomic mass is 10.0. The second-order valence-electron chi connectivity index (χ2n) is 14.6. The SMILES string of the molecule is Cc1cccc(C)c1CN1CCN(Cc2c(C)cccc2C)CCN(Cc2c(C)cccc2C)CCN(Cc2c(C)cccc2C)CC1. The molecule has 1 heterocycles. The van der Waals surface area contributed by atoms with Gasteiger partial charge in [0.05, 0.1) is 0 Å². The Hall–Kier alpha value is -3.28. The molecule has 4 aromatic carbocycles. The third-order valence-corrected chi connectivity index (χ3v) is 11.0. The predicted octanol–water partition coefficient (Wildman–Crippen LogP) is 8.48. The Bertz CT molecular complexity index is 1310. The van der Waals surface area contributed by atoms with Crippen LogP contribution in [0.4, 0.5) is 0 Å². The number of rotatable bonds is 8. The van der Waals surface area contributed by atoms with Crippen LogP contribution in [0.2, 0.25) is 0 Å². The van der Waals surface area contributed by atoms with Crippen LogP contribution >= 0.6 is 0 Å². The van der Waals surface area contributed by atoms with Crippen molar-refractivity contribution in [1.29, 1.82) is 0 Å². The van der Waals surface area contributed by atoms with Crippen LogP contribution in [-0.4, -0.2) is 72.0 Å². The van der Waals surface area contributed by atoms with Crippen LogP contribution in [0, 0.1) is 55.4 Å². The van der Waals surface area contributed by atoms with Gasteiger partial charge in [-0.2, -0.15) is 0 Å². The van der Waals surface area contributed by atoms with Crippen LogP contribution in [0.3, 0.4) is 0 Å². The molecular formula is C44H60N4. The lowest BCUT2D eigenvalue weighted by Crippen LogP contribution is -2.45. The Morgan fingerprint density at radius 3 is 0.583 bits per heavy atom. The maximum Gasteiger partial charge on any atom is 0.0240 e. The van der Waals surface area contributed by atoms with Crippen molar-refractivity contribution in [3.05, 3.63) is 140 Å². The summed E-state index contributed by atoms with van der Waals surface area (Å²) in [6.07, 6.45) is 0. The van der Waals surface area contributed by atoms with Gasteiger partial charge in [0.15, 0.2) is 0 Å². The van der Waals surface area contributed by atoms with Crippen LogP contribution in [0.25, 0.3) is 0 Å². The van der Waals surface area contributed by atoms with Crippen molar-refractivity contribution in [2.75, 3.05) is 52.4 Å². The molecule has 4 nitrogen and oxygen atoms in total. The maximum absolute atomic E-state index is 2.74. The first-order chi connectivity index (χ1) is 23.1. The summed E-state index contributed by atoms with van der Waals surface area (Å²) in [4.78, 5) is 10.9. The molecule has 5 rings (SSSR count). The summed E-state index contributed by atoms with van der Waals surface area (Å²) in [6.45, 7) is 30.8. The van der Waals surface area contributed by atoms with E-state index in [2.05, 4.69) is 148 Å². The largest absolute Gasteiger partial charge is 0.297 e. The van der Waals surface area contributed by atoms with Gasteiger partial charge < -0.3 is 0 Å². The van der Waals surface area contributed by atoms with E-state index in [1.165, 1.54) is 66.8 Å². The average molecular weight is 645 g/mol. The number of benzene rings is 4. The van der Waals surface area contributed by atoms with Gasteiger partial charge in [-0.25, -0.2) is 0 Å². The number of nitrogens with zero attached hydrogens (tertiary/aromatic N) is 4. The zero-order valence-corrected chi connectivity index (χ0v) is 31.2. The number of aryl methyl sites for hydroxylation is 8. The minimum absolute atomic E-state index is 1.01. The fraction of sp³-hybridized carbons (Fsp3) is 0.455. The Morgan fingerprint density at radius 2 is 0.438 bits per heavy atom. The van der Waals surface area contributed by atoms with Gasteiger partial charge in [-0.15, -0.1) is 0 Å². The van der Waals surface area contributed by atoms with Gasteiger partial charge in [-0.1, -0.05) is 72.8 Å². The van der Waals surface area contributed by atoms with Crippen LogP contribution in [0.5, 0.6) is 0 Å². The Morgan fingerprint density at radius 1 is 0.292 bits per heavy atom. The van der Waals surface area contributed by atoms with Crippen LogP contribution in [0.15, 0.2) is 72.8 Å². The van der Waals surface area contributed by atoms with E-state index in [1.807, 2.05) is 0 Å². The zero-order valence-electron chi connectivity index (χ0n) is 31.2. The van der Waals surface area contributed by atoms with E-state index < -0.39 is 0 Å². The summed E-state index contributed by atoms with van der Waals surface area (Å²) in [5, 5.41) is 0. The smallest absolute Gasteiger partial charge is 0.0240 e. The molecule has 0 aromatic heterocycles. The monoisotopic (exact) mass is 644 g/mol. The Kier molecular flexibility index (Phi) is 12.7. The Labute approximate surface area is 292 Å². The lowest BCUT2D eigenvalue weighted by molar-refractivity contribution is 0.121. The first-order valence-electron chi connectivity index (χ1n) is 18.2. The molecule has 1 saturated heterocycles. The molecule has 4 aromatic rings. The predicted molar refractivity (Wildman–Crippen MR) is 205 cm³/mol. The first-order valence-corrected chi connectivity index (χ1v) is 18.2. The molecule has 0 saturated carbocycles. The number of hydrogen-bond acceptors (Lipinski definition) is 4. The van der Waals surface area contributed by atoms with Gasteiger partial charge in [-0.05, 0) is 122 Å². The van der Waals surface area contributed by atoms with Crippen molar-refractivity contribution in [3.63, 3.8) is 0 Å². The van der Waals surface area contributed by atoms with E-state index in [0.29, 0.717) is 0 Å². The van der Waals surface area contributed by atoms with Crippen molar-refractivity contribution >= 4 is 0 Å². The second-order valence-corrected chi connectivity index (χ2v) is 14.6. The van der Waals surface area contributed by atoms with E-state index in [1.54, 1.807) is 0 Å². The van der Waals surface area contributed by atoms with E-state index in [4.69, 9.17) is 0 Å². The molecule has 0 unspecified atom stereocenters.